The maximum absolute atomic E-state index is 13.1. The van der Waals surface area contributed by atoms with Crippen molar-refractivity contribution in [3.8, 4) is 5.75 Å². The quantitative estimate of drug-likeness (QED) is 0.656. The molecule has 0 spiro atoms. The molecule has 0 saturated carbocycles. The number of nitrogens with one attached hydrogen (secondary N) is 1. The van der Waals surface area contributed by atoms with E-state index in [0.717, 1.165) is 11.1 Å². The Morgan fingerprint density at radius 3 is 2.37 bits per heavy atom. The van der Waals surface area contributed by atoms with Gasteiger partial charge in [0.15, 0.2) is 6.61 Å². The van der Waals surface area contributed by atoms with Crippen molar-refractivity contribution in [1.82, 2.24) is 10.2 Å². The fourth-order valence-electron chi connectivity index (χ4n) is 3.06. The van der Waals surface area contributed by atoms with Crippen LogP contribution in [0.5, 0.6) is 5.75 Å². The Morgan fingerprint density at radius 2 is 1.77 bits per heavy atom. The predicted molar refractivity (Wildman–Crippen MR) is 121 cm³/mol. The van der Waals surface area contributed by atoms with Crippen LogP contribution < -0.4 is 10.1 Å². The van der Waals surface area contributed by atoms with Crippen molar-refractivity contribution in [2.75, 3.05) is 13.7 Å². The summed E-state index contributed by atoms with van der Waals surface area (Å²) in [4.78, 5) is 26.8. The molecule has 5 nitrogen and oxygen atoms in total. The number of carbonyl (C=O) groups excluding carboxylic acids is 2. The lowest BCUT2D eigenvalue weighted by molar-refractivity contribution is -0.142. The topological polar surface area (TPSA) is 58.6 Å². The molecule has 0 radical (unpaired) electrons. The van der Waals surface area contributed by atoms with Gasteiger partial charge in [0, 0.05) is 13.6 Å². The molecule has 0 aliphatic rings. The summed E-state index contributed by atoms with van der Waals surface area (Å²) < 4.78 is 5.88. The number of carbonyl (C=O) groups is 2. The second kappa shape index (κ2) is 10.2. The molecule has 30 heavy (non-hydrogen) atoms. The highest BCUT2D eigenvalue weighted by Gasteiger charge is 2.27. The van der Waals surface area contributed by atoms with Gasteiger partial charge >= 0.3 is 0 Å². The van der Waals surface area contributed by atoms with Gasteiger partial charge in [-0.2, -0.15) is 0 Å². The molecule has 1 N–H and O–H groups in total. The zero-order chi connectivity index (χ0) is 22.5. The van der Waals surface area contributed by atoms with Crippen LogP contribution in [0.25, 0.3) is 0 Å². The first kappa shape index (κ1) is 24.0. The van der Waals surface area contributed by atoms with Crippen LogP contribution in [0, 0.1) is 0 Å². The summed E-state index contributed by atoms with van der Waals surface area (Å²) in [5.41, 5.74) is 1.64. The van der Waals surface area contributed by atoms with Crippen molar-refractivity contribution >= 4 is 35.0 Å². The van der Waals surface area contributed by atoms with E-state index in [-0.39, 0.29) is 30.4 Å². The first-order valence-corrected chi connectivity index (χ1v) is 10.5. The Morgan fingerprint density at radius 1 is 1.10 bits per heavy atom. The number of nitrogens with zero attached hydrogens (tertiary/aromatic N) is 1. The predicted octanol–water partition coefficient (Wildman–Crippen LogP) is 4.83. The zero-order valence-electron chi connectivity index (χ0n) is 18.0. The Labute approximate surface area is 188 Å². The molecule has 0 aliphatic carbocycles. The SMILES string of the molecule is CNC(=O)[C@@H](C)N(Cc1ccc(Cl)c(Cl)c1)C(=O)COc1ccccc1C(C)(C)C. The van der Waals surface area contributed by atoms with E-state index in [9.17, 15) is 9.59 Å². The van der Waals surface area contributed by atoms with Gasteiger partial charge in [0.2, 0.25) is 5.91 Å². The van der Waals surface area contributed by atoms with Crippen LogP contribution in [0.15, 0.2) is 42.5 Å². The maximum Gasteiger partial charge on any atom is 0.261 e. The van der Waals surface area contributed by atoms with E-state index in [2.05, 4.69) is 26.1 Å². The third-order valence-electron chi connectivity index (χ3n) is 4.80. The number of ether oxygens (including phenoxy) is 1. The lowest BCUT2D eigenvalue weighted by Crippen LogP contribution is -2.48. The van der Waals surface area contributed by atoms with Gasteiger partial charge in [-0.05, 0) is 41.7 Å². The number of para-hydroxylation sites is 1. The van der Waals surface area contributed by atoms with E-state index < -0.39 is 6.04 Å². The number of halogens is 2. The fourth-order valence-corrected chi connectivity index (χ4v) is 3.38. The van der Waals surface area contributed by atoms with E-state index in [0.29, 0.717) is 15.8 Å². The van der Waals surface area contributed by atoms with E-state index in [1.807, 2.05) is 24.3 Å². The minimum Gasteiger partial charge on any atom is -0.483 e. The lowest BCUT2D eigenvalue weighted by Gasteiger charge is -2.29. The third-order valence-corrected chi connectivity index (χ3v) is 5.54. The normalized spacial score (nSPS) is 12.2. The summed E-state index contributed by atoms with van der Waals surface area (Å²) in [7, 11) is 1.54. The Balaban J connectivity index is 2.23. The van der Waals surface area contributed by atoms with Crippen molar-refractivity contribution in [3.05, 3.63) is 63.6 Å². The van der Waals surface area contributed by atoms with Gasteiger partial charge in [-0.3, -0.25) is 9.59 Å². The molecule has 2 rings (SSSR count). The Hall–Kier alpha value is -2.24. The summed E-state index contributed by atoms with van der Waals surface area (Å²) in [5, 5.41) is 3.41. The summed E-state index contributed by atoms with van der Waals surface area (Å²) in [6.45, 7) is 7.95. The molecule has 0 aromatic heterocycles. The molecule has 0 fully saturated rings. The van der Waals surface area contributed by atoms with Crippen LogP contribution >= 0.6 is 23.2 Å². The van der Waals surface area contributed by atoms with Crippen molar-refractivity contribution in [3.63, 3.8) is 0 Å². The number of benzene rings is 2. The van der Waals surface area contributed by atoms with Gasteiger partial charge in [0.05, 0.1) is 10.0 Å². The van der Waals surface area contributed by atoms with Crippen molar-refractivity contribution in [2.45, 2.75) is 45.7 Å². The van der Waals surface area contributed by atoms with Gasteiger partial charge in [-0.1, -0.05) is 68.2 Å². The van der Waals surface area contributed by atoms with Crippen molar-refractivity contribution < 1.29 is 14.3 Å². The first-order valence-electron chi connectivity index (χ1n) is 9.72. The molecule has 0 aliphatic heterocycles. The second-order valence-electron chi connectivity index (χ2n) is 8.10. The molecule has 2 aromatic rings. The number of amides is 2. The molecule has 2 aromatic carbocycles. The summed E-state index contributed by atoms with van der Waals surface area (Å²) in [5.74, 6) is 0.0832. The third kappa shape index (κ3) is 6.13. The monoisotopic (exact) mass is 450 g/mol. The highest BCUT2D eigenvalue weighted by molar-refractivity contribution is 6.42. The molecule has 0 saturated heterocycles. The van der Waals surface area contributed by atoms with Gasteiger partial charge in [-0.25, -0.2) is 0 Å². The maximum atomic E-state index is 13.1. The molecule has 7 heteroatoms. The molecular weight excluding hydrogens is 423 g/mol. The molecule has 0 bridgehead atoms. The minimum atomic E-state index is -0.682. The molecule has 162 valence electrons. The minimum absolute atomic E-state index is 0.130. The van der Waals surface area contributed by atoms with E-state index >= 15 is 0 Å². The van der Waals surface area contributed by atoms with Gasteiger partial charge < -0.3 is 15.0 Å². The number of likely N-dealkylation sites (N-methyl/N-ethyl adjacent to an activating group) is 1. The summed E-state index contributed by atoms with van der Waals surface area (Å²) in [6, 6.07) is 12.1. The highest BCUT2D eigenvalue weighted by Crippen LogP contribution is 2.31. The van der Waals surface area contributed by atoms with Crippen molar-refractivity contribution in [2.24, 2.45) is 0 Å². The summed E-state index contributed by atoms with van der Waals surface area (Å²) in [6.07, 6.45) is 0. The van der Waals surface area contributed by atoms with Crippen LogP contribution in [0.4, 0.5) is 0 Å². The van der Waals surface area contributed by atoms with Crippen LogP contribution in [-0.2, 0) is 21.5 Å². The lowest BCUT2D eigenvalue weighted by atomic mass is 9.86. The molecule has 0 unspecified atom stereocenters. The van der Waals surface area contributed by atoms with E-state index in [1.54, 1.807) is 25.1 Å². The number of hydrogen-bond acceptors (Lipinski definition) is 3. The van der Waals surface area contributed by atoms with E-state index in [4.69, 9.17) is 27.9 Å². The van der Waals surface area contributed by atoms with Crippen LogP contribution in [0.3, 0.4) is 0 Å². The molecule has 2 amide bonds. The zero-order valence-corrected chi connectivity index (χ0v) is 19.5. The fraction of sp³-hybridized carbons (Fsp3) is 0.391. The average Bonchev–Trinajstić information content (AvgIpc) is 2.71. The van der Waals surface area contributed by atoms with Crippen LogP contribution in [0.2, 0.25) is 10.0 Å². The standard InChI is InChI=1S/C23H28Cl2N2O3/c1-15(22(29)26-5)27(13-16-10-11-18(24)19(25)12-16)21(28)14-30-20-9-7-6-8-17(20)23(2,3)4/h6-12,15H,13-14H2,1-5H3,(H,26,29)/t15-/m1/s1. The van der Waals surface area contributed by atoms with Crippen molar-refractivity contribution in [1.29, 1.82) is 0 Å². The van der Waals surface area contributed by atoms with Gasteiger partial charge in [-0.15, -0.1) is 0 Å². The average molecular weight is 451 g/mol. The van der Waals surface area contributed by atoms with E-state index in [1.165, 1.54) is 11.9 Å². The first-order chi connectivity index (χ1) is 14.0. The molecular formula is C23H28Cl2N2O3. The van der Waals surface area contributed by atoms with Gasteiger partial charge in [0.1, 0.15) is 11.8 Å². The van der Waals surface area contributed by atoms with Crippen LogP contribution in [-0.4, -0.2) is 36.4 Å². The smallest absolute Gasteiger partial charge is 0.261 e. The molecule has 1 atom stereocenters. The van der Waals surface area contributed by atoms with Gasteiger partial charge in [0.25, 0.3) is 5.91 Å². The second-order valence-corrected chi connectivity index (χ2v) is 8.91. The Bertz CT molecular complexity index is 910. The largest absolute Gasteiger partial charge is 0.483 e. The molecule has 0 heterocycles. The number of rotatable bonds is 7. The highest BCUT2D eigenvalue weighted by atomic mass is 35.5. The summed E-state index contributed by atoms with van der Waals surface area (Å²) >= 11 is 12.1. The Kier molecular flexibility index (Phi) is 8.16. The van der Waals surface area contributed by atoms with Crippen LogP contribution in [0.1, 0.15) is 38.8 Å². The number of hydrogen-bond donors (Lipinski definition) is 1.